The van der Waals surface area contributed by atoms with Gasteiger partial charge in [-0.2, -0.15) is 0 Å². The number of thioether (sulfide) groups is 1. The lowest BCUT2D eigenvalue weighted by Crippen LogP contribution is -2.13. The molecule has 1 N–H and O–H groups in total. The van der Waals surface area contributed by atoms with Gasteiger partial charge in [-0.3, -0.25) is 9.59 Å². The van der Waals surface area contributed by atoms with E-state index in [4.69, 9.17) is 0 Å². The molecule has 0 saturated carbocycles. The number of carbonyl (C=O) groups excluding carboxylic acids is 2. The number of anilines is 1. The summed E-state index contributed by atoms with van der Waals surface area (Å²) < 4.78 is 0. The van der Waals surface area contributed by atoms with Crippen LogP contribution in [0.5, 0.6) is 0 Å². The Morgan fingerprint density at radius 2 is 2.05 bits per heavy atom. The normalized spacial score (nSPS) is 10.2. The van der Waals surface area contributed by atoms with Crippen LogP contribution >= 0.6 is 23.1 Å². The largest absolute Gasteiger partial charge is 0.301 e. The maximum Gasteiger partial charge on any atom is 0.236 e. The zero-order valence-corrected chi connectivity index (χ0v) is 11.9. The predicted octanol–water partition coefficient (Wildman–Crippen LogP) is 3.08. The molecular formula is C13H12N2O2S2. The van der Waals surface area contributed by atoms with E-state index in [0.29, 0.717) is 16.6 Å². The lowest BCUT2D eigenvalue weighted by Gasteiger charge is -2.01. The first-order valence-electron chi connectivity index (χ1n) is 5.59. The molecule has 0 aliphatic heterocycles. The van der Waals surface area contributed by atoms with Crippen LogP contribution in [0.15, 0.2) is 40.6 Å². The van der Waals surface area contributed by atoms with Crippen molar-refractivity contribution in [2.75, 3.05) is 11.1 Å². The molecule has 6 heteroatoms. The van der Waals surface area contributed by atoms with Crippen molar-refractivity contribution in [3.05, 3.63) is 41.4 Å². The summed E-state index contributed by atoms with van der Waals surface area (Å²) in [6.45, 7) is 1.45. The molecule has 0 radical (unpaired) electrons. The van der Waals surface area contributed by atoms with Crippen molar-refractivity contribution >= 4 is 39.9 Å². The van der Waals surface area contributed by atoms with E-state index in [1.807, 2.05) is 30.3 Å². The van der Waals surface area contributed by atoms with Crippen molar-refractivity contribution in [1.82, 2.24) is 4.98 Å². The minimum atomic E-state index is -0.127. The van der Waals surface area contributed by atoms with Crippen LogP contribution in [0.2, 0.25) is 0 Å². The Labute approximate surface area is 119 Å². The molecule has 0 atom stereocenters. The van der Waals surface area contributed by atoms with Crippen LogP contribution < -0.4 is 5.32 Å². The van der Waals surface area contributed by atoms with Gasteiger partial charge < -0.3 is 5.32 Å². The molecule has 98 valence electrons. The molecule has 1 amide bonds. The highest BCUT2D eigenvalue weighted by Gasteiger charge is 2.09. The maximum atomic E-state index is 11.7. The van der Waals surface area contributed by atoms with Gasteiger partial charge in [0.2, 0.25) is 5.91 Å². The van der Waals surface area contributed by atoms with Gasteiger partial charge in [-0.25, -0.2) is 4.98 Å². The van der Waals surface area contributed by atoms with E-state index in [-0.39, 0.29) is 11.7 Å². The Morgan fingerprint density at radius 3 is 2.68 bits per heavy atom. The molecule has 19 heavy (non-hydrogen) atoms. The number of ketones is 1. The number of aromatic nitrogens is 1. The maximum absolute atomic E-state index is 11.7. The summed E-state index contributed by atoms with van der Waals surface area (Å²) in [6, 6.07) is 9.70. The van der Waals surface area contributed by atoms with E-state index >= 15 is 0 Å². The van der Waals surface area contributed by atoms with E-state index < -0.39 is 0 Å². The number of benzene rings is 1. The lowest BCUT2D eigenvalue weighted by atomic mass is 10.4. The highest BCUT2D eigenvalue weighted by Crippen LogP contribution is 2.19. The summed E-state index contributed by atoms with van der Waals surface area (Å²) in [7, 11) is 0. The molecular weight excluding hydrogens is 280 g/mol. The van der Waals surface area contributed by atoms with Gasteiger partial charge in [-0.1, -0.05) is 18.2 Å². The molecule has 1 aromatic carbocycles. The third kappa shape index (κ3) is 4.18. The fourth-order valence-corrected chi connectivity index (χ4v) is 2.80. The van der Waals surface area contributed by atoms with Gasteiger partial charge in [0.25, 0.3) is 0 Å². The molecule has 2 rings (SSSR count). The average molecular weight is 292 g/mol. The van der Waals surface area contributed by atoms with Crippen LogP contribution in [-0.4, -0.2) is 22.4 Å². The van der Waals surface area contributed by atoms with Crippen molar-refractivity contribution in [2.45, 2.75) is 11.8 Å². The highest BCUT2D eigenvalue weighted by atomic mass is 32.2. The number of nitrogens with one attached hydrogen (secondary N) is 1. The van der Waals surface area contributed by atoms with Gasteiger partial charge in [-0.15, -0.1) is 23.1 Å². The molecule has 2 aromatic rings. The second kappa shape index (κ2) is 6.49. The second-order valence-corrected chi connectivity index (χ2v) is 5.65. The molecule has 1 heterocycles. The van der Waals surface area contributed by atoms with Crippen LogP contribution in [0, 0.1) is 0 Å². The van der Waals surface area contributed by atoms with Gasteiger partial charge in [0, 0.05) is 17.2 Å². The number of amides is 1. The van der Waals surface area contributed by atoms with Crippen LogP contribution in [-0.2, 0) is 4.79 Å². The van der Waals surface area contributed by atoms with Gasteiger partial charge in [0.1, 0.15) is 5.69 Å². The van der Waals surface area contributed by atoms with E-state index in [1.54, 1.807) is 5.38 Å². The van der Waals surface area contributed by atoms with Gasteiger partial charge in [-0.05, 0) is 12.1 Å². The molecule has 0 saturated heterocycles. The van der Waals surface area contributed by atoms with E-state index in [9.17, 15) is 9.59 Å². The predicted molar refractivity (Wildman–Crippen MR) is 77.9 cm³/mol. The Bertz CT molecular complexity index is 581. The molecule has 0 aliphatic carbocycles. The molecule has 0 unspecified atom stereocenters. The number of rotatable bonds is 5. The topological polar surface area (TPSA) is 59.1 Å². The van der Waals surface area contributed by atoms with Crippen molar-refractivity contribution in [2.24, 2.45) is 0 Å². The molecule has 0 fully saturated rings. The van der Waals surface area contributed by atoms with E-state index in [1.165, 1.54) is 30.0 Å². The summed E-state index contributed by atoms with van der Waals surface area (Å²) in [4.78, 5) is 27.9. The number of Topliss-reactive ketones (excluding diaryl/α,β-unsaturated/α-hetero) is 1. The molecule has 0 bridgehead atoms. The zero-order valence-electron chi connectivity index (χ0n) is 10.3. The first kappa shape index (κ1) is 13.8. The molecule has 4 nitrogen and oxygen atoms in total. The summed E-state index contributed by atoms with van der Waals surface area (Å²) in [5.74, 6) is 0.0904. The van der Waals surface area contributed by atoms with Crippen LogP contribution in [0.25, 0.3) is 0 Å². The fourth-order valence-electron chi connectivity index (χ4n) is 1.31. The minimum absolute atomic E-state index is 0.101. The minimum Gasteiger partial charge on any atom is -0.301 e. The quantitative estimate of drug-likeness (QED) is 0.679. The van der Waals surface area contributed by atoms with Crippen LogP contribution in [0.1, 0.15) is 17.4 Å². The fraction of sp³-hybridized carbons (Fsp3) is 0.154. The van der Waals surface area contributed by atoms with Gasteiger partial charge in [0.15, 0.2) is 10.9 Å². The van der Waals surface area contributed by atoms with Crippen molar-refractivity contribution in [3.63, 3.8) is 0 Å². The SMILES string of the molecule is CC(=O)c1csc(NC(=O)CSc2ccccc2)n1. The Kier molecular flexibility index (Phi) is 4.70. The number of nitrogens with zero attached hydrogens (tertiary/aromatic N) is 1. The van der Waals surface area contributed by atoms with E-state index in [0.717, 1.165) is 4.90 Å². The smallest absolute Gasteiger partial charge is 0.236 e. The summed E-state index contributed by atoms with van der Waals surface area (Å²) >= 11 is 2.71. The second-order valence-electron chi connectivity index (χ2n) is 3.74. The monoisotopic (exact) mass is 292 g/mol. The summed E-state index contributed by atoms with van der Waals surface area (Å²) in [5, 5.41) is 4.79. The standard InChI is InChI=1S/C13H12N2O2S2/c1-9(16)11-7-19-13(14-11)15-12(17)8-18-10-5-3-2-4-6-10/h2-7H,8H2,1H3,(H,14,15,17). The van der Waals surface area contributed by atoms with Gasteiger partial charge in [0.05, 0.1) is 5.75 Å². The first-order valence-corrected chi connectivity index (χ1v) is 7.46. The number of thiazole rings is 1. The van der Waals surface area contributed by atoms with Crippen molar-refractivity contribution in [3.8, 4) is 0 Å². The lowest BCUT2D eigenvalue weighted by molar-refractivity contribution is -0.113. The van der Waals surface area contributed by atoms with E-state index in [2.05, 4.69) is 10.3 Å². The van der Waals surface area contributed by atoms with Crippen LogP contribution in [0.4, 0.5) is 5.13 Å². The third-order valence-corrected chi connectivity index (χ3v) is 3.99. The highest BCUT2D eigenvalue weighted by molar-refractivity contribution is 8.00. The Morgan fingerprint density at radius 1 is 1.32 bits per heavy atom. The Hall–Kier alpha value is -1.66. The average Bonchev–Trinajstić information content (AvgIpc) is 2.86. The third-order valence-electron chi connectivity index (χ3n) is 2.22. The first-order chi connectivity index (χ1) is 9.15. The number of carbonyl (C=O) groups is 2. The summed E-state index contributed by atoms with van der Waals surface area (Å²) in [6.07, 6.45) is 0. The van der Waals surface area contributed by atoms with Crippen molar-refractivity contribution in [1.29, 1.82) is 0 Å². The Balaban J connectivity index is 1.85. The molecule has 1 aromatic heterocycles. The summed E-state index contributed by atoms with van der Waals surface area (Å²) in [5.41, 5.74) is 0.385. The zero-order chi connectivity index (χ0) is 13.7. The van der Waals surface area contributed by atoms with Crippen molar-refractivity contribution < 1.29 is 9.59 Å². The molecule has 0 aliphatic rings. The number of hydrogen-bond donors (Lipinski definition) is 1. The van der Waals surface area contributed by atoms with Crippen LogP contribution in [0.3, 0.4) is 0 Å². The number of hydrogen-bond acceptors (Lipinski definition) is 5. The molecule has 0 spiro atoms. The van der Waals surface area contributed by atoms with Gasteiger partial charge >= 0.3 is 0 Å².